The second-order valence-electron chi connectivity index (χ2n) is 7.04. The molecule has 1 aliphatic heterocycles. The van der Waals surface area contributed by atoms with Crippen LogP contribution in [0.2, 0.25) is 10.0 Å². The van der Waals surface area contributed by atoms with Crippen LogP contribution in [0.25, 0.3) is 0 Å². The lowest BCUT2D eigenvalue weighted by Crippen LogP contribution is -2.36. The molecule has 1 aliphatic carbocycles. The lowest BCUT2D eigenvalue weighted by atomic mass is 9.81. The van der Waals surface area contributed by atoms with Crippen LogP contribution >= 0.6 is 23.2 Å². The number of nitrogens with zero attached hydrogens (tertiary/aromatic N) is 1. The maximum atomic E-state index is 12.4. The van der Waals surface area contributed by atoms with E-state index in [2.05, 4.69) is 5.32 Å². The minimum Gasteiger partial charge on any atom is -0.350 e. The van der Waals surface area contributed by atoms with Gasteiger partial charge in [0, 0.05) is 13.0 Å². The van der Waals surface area contributed by atoms with Crippen LogP contribution in [0.1, 0.15) is 50.6 Å². The van der Waals surface area contributed by atoms with Crippen molar-refractivity contribution in [1.29, 1.82) is 0 Å². The van der Waals surface area contributed by atoms with Crippen molar-refractivity contribution in [1.82, 2.24) is 10.2 Å². The number of imide groups is 1. The van der Waals surface area contributed by atoms with Crippen molar-refractivity contribution in [3.05, 3.63) is 33.8 Å². The van der Waals surface area contributed by atoms with Crippen LogP contribution < -0.4 is 5.32 Å². The van der Waals surface area contributed by atoms with E-state index < -0.39 is 0 Å². The van der Waals surface area contributed by atoms with Gasteiger partial charge in [-0.3, -0.25) is 19.3 Å². The Labute approximate surface area is 163 Å². The highest BCUT2D eigenvalue weighted by Gasteiger charge is 2.47. The molecule has 26 heavy (non-hydrogen) atoms. The third-order valence-electron chi connectivity index (χ3n) is 5.32. The van der Waals surface area contributed by atoms with Crippen LogP contribution in [0.5, 0.6) is 0 Å². The first-order chi connectivity index (χ1) is 12.4. The van der Waals surface area contributed by atoms with Crippen molar-refractivity contribution < 1.29 is 14.4 Å². The number of fused-ring (bicyclic) bond motifs is 1. The summed E-state index contributed by atoms with van der Waals surface area (Å²) in [4.78, 5) is 38.4. The van der Waals surface area contributed by atoms with E-state index in [0.717, 1.165) is 31.2 Å². The largest absolute Gasteiger partial charge is 0.350 e. The lowest BCUT2D eigenvalue weighted by Gasteiger charge is -2.19. The van der Waals surface area contributed by atoms with Gasteiger partial charge >= 0.3 is 0 Å². The highest BCUT2D eigenvalue weighted by Crippen LogP contribution is 2.38. The zero-order valence-corrected chi connectivity index (χ0v) is 16.1. The van der Waals surface area contributed by atoms with E-state index in [4.69, 9.17) is 23.2 Å². The van der Waals surface area contributed by atoms with Gasteiger partial charge in [-0.1, -0.05) is 42.1 Å². The summed E-state index contributed by atoms with van der Waals surface area (Å²) in [7, 11) is 0. The number of hydrogen-bond acceptors (Lipinski definition) is 3. The predicted octanol–water partition coefficient (Wildman–Crippen LogP) is 3.74. The fourth-order valence-electron chi connectivity index (χ4n) is 3.84. The molecule has 0 aromatic heterocycles. The number of nitrogens with one attached hydrogen (secondary N) is 1. The van der Waals surface area contributed by atoms with Crippen LogP contribution in [0.15, 0.2) is 18.2 Å². The van der Waals surface area contributed by atoms with Crippen molar-refractivity contribution in [2.45, 2.75) is 45.1 Å². The molecule has 0 bridgehead atoms. The number of carbonyl (C=O) groups is 3. The highest BCUT2D eigenvalue weighted by molar-refractivity contribution is 6.42. The Kier molecular flexibility index (Phi) is 5.88. The number of amides is 3. The van der Waals surface area contributed by atoms with Crippen LogP contribution in [0, 0.1) is 11.8 Å². The molecule has 0 radical (unpaired) electrons. The Hall–Kier alpha value is -1.59. The van der Waals surface area contributed by atoms with Crippen molar-refractivity contribution in [2.24, 2.45) is 11.8 Å². The van der Waals surface area contributed by atoms with Gasteiger partial charge in [-0.25, -0.2) is 0 Å². The molecule has 1 aromatic carbocycles. The molecule has 5 nitrogen and oxygen atoms in total. The molecule has 1 aromatic rings. The minimum absolute atomic E-state index is 0.0998. The predicted molar refractivity (Wildman–Crippen MR) is 99.8 cm³/mol. The molecule has 2 aliphatic rings. The molecule has 3 atom stereocenters. The molecule has 1 N–H and O–H groups in total. The lowest BCUT2D eigenvalue weighted by molar-refractivity contribution is -0.140. The molecule has 3 amide bonds. The Morgan fingerprint density at radius 2 is 1.77 bits per heavy atom. The summed E-state index contributed by atoms with van der Waals surface area (Å²) in [6.07, 6.45) is 3.66. The number of hydrogen-bond donors (Lipinski definition) is 1. The van der Waals surface area contributed by atoms with Crippen molar-refractivity contribution >= 4 is 40.9 Å². The first-order valence-corrected chi connectivity index (χ1v) is 9.73. The van der Waals surface area contributed by atoms with Gasteiger partial charge < -0.3 is 5.32 Å². The first-order valence-electron chi connectivity index (χ1n) is 8.98. The third-order valence-corrected chi connectivity index (χ3v) is 6.06. The second kappa shape index (κ2) is 7.97. The summed E-state index contributed by atoms with van der Waals surface area (Å²) in [5.41, 5.74) is 0.840. The first kappa shape index (κ1) is 19.2. The molecule has 7 heteroatoms. The maximum absolute atomic E-state index is 12.4. The molecule has 140 valence electrons. The average molecular weight is 397 g/mol. The van der Waals surface area contributed by atoms with E-state index in [0.29, 0.717) is 10.0 Å². The highest BCUT2D eigenvalue weighted by atomic mass is 35.5. The van der Waals surface area contributed by atoms with Crippen LogP contribution in [0.4, 0.5) is 0 Å². The monoisotopic (exact) mass is 396 g/mol. The van der Waals surface area contributed by atoms with E-state index in [9.17, 15) is 14.4 Å². The maximum Gasteiger partial charge on any atom is 0.233 e. The molecular weight excluding hydrogens is 375 g/mol. The number of benzene rings is 1. The van der Waals surface area contributed by atoms with Crippen LogP contribution in [-0.2, 0) is 14.4 Å². The number of halogens is 2. The number of carbonyl (C=O) groups excluding carboxylic acids is 3. The van der Waals surface area contributed by atoms with Gasteiger partial charge in [0.05, 0.1) is 27.9 Å². The fraction of sp³-hybridized carbons (Fsp3) is 0.526. The fourth-order valence-corrected chi connectivity index (χ4v) is 4.15. The van der Waals surface area contributed by atoms with Gasteiger partial charge in [0.2, 0.25) is 17.7 Å². The molecule has 2 fully saturated rings. The second-order valence-corrected chi connectivity index (χ2v) is 7.85. The van der Waals surface area contributed by atoms with Gasteiger partial charge in [0.1, 0.15) is 0 Å². The summed E-state index contributed by atoms with van der Waals surface area (Å²) in [5, 5.41) is 3.76. The Balaban J connectivity index is 1.54. The van der Waals surface area contributed by atoms with Crippen molar-refractivity contribution in [3.63, 3.8) is 0 Å². The molecule has 3 unspecified atom stereocenters. The normalized spacial score (nSPS) is 23.7. The smallest absolute Gasteiger partial charge is 0.233 e. The van der Waals surface area contributed by atoms with E-state index in [-0.39, 0.29) is 48.6 Å². The average Bonchev–Trinajstić information content (AvgIpc) is 2.86. The topological polar surface area (TPSA) is 66.5 Å². The van der Waals surface area contributed by atoms with Crippen molar-refractivity contribution in [2.75, 3.05) is 6.54 Å². The Morgan fingerprint density at radius 3 is 2.35 bits per heavy atom. The number of likely N-dealkylation sites (tertiary alicyclic amines) is 1. The zero-order chi connectivity index (χ0) is 18.8. The van der Waals surface area contributed by atoms with Gasteiger partial charge in [-0.05, 0) is 37.5 Å². The summed E-state index contributed by atoms with van der Waals surface area (Å²) >= 11 is 11.9. The number of rotatable bonds is 5. The summed E-state index contributed by atoms with van der Waals surface area (Å²) in [6, 6.07) is 4.96. The molecule has 0 spiro atoms. The van der Waals surface area contributed by atoms with Gasteiger partial charge in [-0.2, -0.15) is 0 Å². The summed E-state index contributed by atoms with van der Waals surface area (Å²) < 4.78 is 0. The van der Waals surface area contributed by atoms with Crippen LogP contribution in [-0.4, -0.2) is 29.2 Å². The molecule has 1 saturated carbocycles. The molecule has 3 rings (SSSR count). The summed E-state index contributed by atoms with van der Waals surface area (Å²) in [6.45, 7) is 1.99. The molecule has 1 heterocycles. The third kappa shape index (κ3) is 3.89. The van der Waals surface area contributed by atoms with E-state index in [1.165, 1.54) is 4.90 Å². The van der Waals surface area contributed by atoms with E-state index >= 15 is 0 Å². The Morgan fingerprint density at radius 1 is 1.15 bits per heavy atom. The molecular formula is C19H22Cl2N2O3. The SMILES string of the molecule is CC(NC(=O)CCN1C(=O)C2CCCCC2C1=O)c1ccc(Cl)c(Cl)c1. The summed E-state index contributed by atoms with van der Waals surface area (Å²) in [5.74, 6) is -0.766. The Bertz CT molecular complexity index is 713. The quantitative estimate of drug-likeness (QED) is 0.770. The molecule has 1 saturated heterocycles. The van der Waals surface area contributed by atoms with Gasteiger partial charge in [-0.15, -0.1) is 0 Å². The van der Waals surface area contributed by atoms with Gasteiger partial charge in [0.25, 0.3) is 0 Å². The van der Waals surface area contributed by atoms with Crippen molar-refractivity contribution in [3.8, 4) is 0 Å². The minimum atomic E-state index is -0.246. The van der Waals surface area contributed by atoms with Crippen LogP contribution in [0.3, 0.4) is 0 Å². The zero-order valence-electron chi connectivity index (χ0n) is 14.6. The van der Waals surface area contributed by atoms with E-state index in [1.807, 2.05) is 6.92 Å². The van der Waals surface area contributed by atoms with Gasteiger partial charge in [0.15, 0.2) is 0 Å². The standard InChI is InChI=1S/C19H22Cl2N2O3/c1-11(12-6-7-15(20)16(21)10-12)22-17(24)8-9-23-18(25)13-4-2-3-5-14(13)19(23)26/h6-7,10-11,13-14H,2-5,8-9H2,1H3,(H,22,24). The van der Waals surface area contributed by atoms with E-state index in [1.54, 1.807) is 18.2 Å².